The van der Waals surface area contributed by atoms with Gasteiger partial charge in [-0.2, -0.15) is 0 Å². The van der Waals surface area contributed by atoms with Crippen molar-refractivity contribution in [2.24, 2.45) is 0 Å². The van der Waals surface area contributed by atoms with E-state index < -0.39 is 5.41 Å². The third kappa shape index (κ3) is 4.97. The molecule has 0 unspecified atom stereocenters. The number of esters is 1. The lowest BCUT2D eigenvalue weighted by Crippen LogP contribution is -2.31. The number of carbonyl (C=O) groups excluding carboxylic acids is 1. The minimum atomic E-state index is -0.722. The molecule has 1 aromatic rings. The Morgan fingerprint density at radius 1 is 1.48 bits per heavy atom. The van der Waals surface area contributed by atoms with E-state index in [4.69, 9.17) is 9.47 Å². The summed E-state index contributed by atoms with van der Waals surface area (Å²) in [5.41, 5.74) is 0.0256. The van der Waals surface area contributed by atoms with Crippen molar-refractivity contribution in [2.45, 2.75) is 46.1 Å². The summed E-state index contributed by atoms with van der Waals surface area (Å²) in [7, 11) is 1.98. The summed E-state index contributed by atoms with van der Waals surface area (Å²) < 4.78 is 10.7. The van der Waals surface area contributed by atoms with Crippen LogP contribution in [0.2, 0.25) is 0 Å². The number of anilines is 1. The predicted molar refractivity (Wildman–Crippen MR) is 86.1 cm³/mol. The SMILES string of the molecule is CCOC(=O)C(C)(C)c1csc(N(C)CCOC(C)C)n1. The average Bonchev–Trinajstić information content (AvgIpc) is 2.88. The summed E-state index contributed by atoms with van der Waals surface area (Å²) in [5, 5.41) is 2.81. The van der Waals surface area contributed by atoms with Gasteiger partial charge in [-0.3, -0.25) is 4.79 Å². The highest BCUT2D eigenvalue weighted by Crippen LogP contribution is 2.29. The number of carbonyl (C=O) groups is 1. The molecule has 0 saturated carbocycles. The van der Waals surface area contributed by atoms with Crippen molar-refractivity contribution in [1.29, 1.82) is 0 Å². The Hall–Kier alpha value is -1.14. The summed E-state index contributed by atoms with van der Waals surface area (Å²) in [4.78, 5) is 18.6. The number of hydrogen-bond acceptors (Lipinski definition) is 6. The van der Waals surface area contributed by atoms with Crippen LogP contribution in [0.25, 0.3) is 0 Å². The second-order valence-electron chi connectivity index (χ2n) is 5.70. The van der Waals surface area contributed by atoms with E-state index in [1.165, 1.54) is 11.3 Å². The second-order valence-corrected chi connectivity index (χ2v) is 6.54. The number of aromatic nitrogens is 1. The zero-order chi connectivity index (χ0) is 16.0. The number of hydrogen-bond donors (Lipinski definition) is 0. The van der Waals surface area contributed by atoms with Crippen molar-refractivity contribution in [3.05, 3.63) is 11.1 Å². The lowest BCUT2D eigenvalue weighted by molar-refractivity contribution is -0.148. The van der Waals surface area contributed by atoms with Gasteiger partial charge in [0.05, 0.1) is 25.0 Å². The van der Waals surface area contributed by atoms with Crippen LogP contribution in [-0.4, -0.2) is 43.9 Å². The lowest BCUT2D eigenvalue weighted by Gasteiger charge is -2.20. The quantitative estimate of drug-likeness (QED) is 0.691. The van der Waals surface area contributed by atoms with Gasteiger partial charge in [0.25, 0.3) is 0 Å². The van der Waals surface area contributed by atoms with E-state index in [0.29, 0.717) is 13.2 Å². The van der Waals surface area contributed by atoms with Crippen molar-refractivity contribution >= 4 is 22.4 Å². The minimum Gasteiger partial charge on any atom is -0.465 e. The molecule has 0 amide bonds. The van der Waals surface area contributed by atoms with Gasteiger partial charge in [-0.15, -0.1) is 11.3 Å². The van der Waals surface area contributed by atoms with E-state index in [2.05, 4.69) is 4.98 Å². The molecule has 0 aliphatic rings. The number of thiazole rings is 1. The van der Waals surface area contributed by atoms with E-state index in [1.54, 1.807) is 0 Å². The first-order valence-electron chi connectivity index (χ1n) is 7.25. The van der Waals surface area contributed by atoms with Crippen LogP contribution >= 0.6 is 11.3 Å². The Morgan fingerprint density at radius 2 is 2.14 bits per heavy atom. The molecular weight excluding hydrogens is 288 g/mol. The van der Waals surface area contributed by atoms with Crippen LogP contribution in [0.3, 0.4) is 0 Å². The zero-order valence-corrected chi connectivity index (χ0v) is 14.6. The molecule has 0 saturated heterocycles. The molecule has 0 spiro atoms. The van der Waals surface area contributed by atoms with Gasteiger partial charge >= 0.3 is 5.97 Å². The maximum atomic E-state index is 12.0. The normalized spacial score (nSPS) is 11.8. The molecule has 1 rings (SSSR count). The Labute approximate surface area is 131 Å². The van der Waals surface area contributed by atoms with Crippen LogP contribution in [0.1, 0.15) is 40.3 Å². The minimum absolute atomic E-state index is 0.230. The summed E-state index contributed by atoms with van der Waals surface area (Å²) >= 11 is 1.53. The standard InChI is InChI=1S/C15H26N2O3S/c1-7-19-13(18)15(4,5)12-10-21-14(16-12)17(6)8-9-20-11(2)3/h10-11H,7-9H2,1-6H3. The summed E-state index contributed by atoms with van der Waals surface area (Å²) in [5.74, 6) is -0.243. The van der Waals surface area contributed by atoms with Gasteiger partial charge in [-0.05, 0) is 34.6 Å². The molecule has 6 heteroatoms. The molecule has 0 aliphatic heterocycles. The maximum absolute atomic E-state index is 12.0. The summed E-state index contributed by atoms with van der Waals surface area (Å²) in [6, 6.07) is 0. The van der Waals surface area contributed by atoms with Crippen LogP contribution in [-0.2, 0) is 19.7 Å². The molecule has 0 bridgehead atoms. The van der Waals surface area contributed by atoms with E-state index >= 15 is 0 Å². The molecule has 120 valence electrons. The van der Waals surface area contributed by atoms with E-state index in [1.807, 2.05) is 51.9 Å². The number of ether oxygens (including phenoxy) is 2. The molecule has 1 heterocycles. The molecule has 0 aliphatic carbocycles. The fourth-order valence-corrected chi connectivity index (χ4v) is 2.65. The Bertz CT molecular complexity index is 458. The number of nitrogens with zero attached hydrogens (tertiary/aromatic N) is 2. The molecule has 0 atom stereocenters. The maximum Gasteiger partial charge on any atom is 0.317 e. The summed E-state index contributed by atoms with van der Waals surface area (Å²) in [6.07, 6.45) is 0.230. The highest BCUT2D eigenvalue weighted by Gasteiger charge is 2.34. The van der Waals surface area contributed by atoms with Crippen molar-refractivity contribution in [2.75, 3.05) is 31.7 Å². The van der Waals surface area contributed by atoms with Crippen molar-refractivity contribution in [3.8, 4) is 0 Å². The van der Waals surface area contributed by atoms with Gasteiger partial charge in [0.2, 0.25) is 0 Å². The van der Waals surface area contributed by atoms with Crippen LogP contribution in [0.15, 0.2) is 5.38 Å². The van der Waals surface area contributed by atoms with Crippen LogP contribution in [0, 0.1) is 0 Å². The first-order valence-corrected chi connectivity index (χ1v) is 8.13. The van der Waals surface area contributed by atoms with Crippen molar-refractivity contribution < 1.29 is 14.3 Å². The van der Waals surface area contributed by atoms with Crippen LogP contribution in [0.5, 0.6) is 0 Å². The topological polar surface area (TPSA) is 51.7 Å². The smallest absolute Gasteiger partial charge is 0.317 e. The Morgan fingerprint density at radius 3 is 2.71 bits per heavy atom. The van der Waals surface area contributed by atoms with Gasteiger partial charge < -0.3 is 14.4 Å². The number of rotatable bonds is 8. The first-order chi connectivity index (χ1) is 9.78. The van der Waals surface area contributed by atoms with Crippen LogP contribution < -0.4 is 4.90 Å². The van der Waals surface area contributed by atoms with E-state index in [-0.39, 0.29) is 12.1 Å². The van der Waals surface area contributed by atoms with Gasteiger partial charge in [0, 0.05) is 19.0 Å². The molecule has 0 aromatic carbocycles. The van der Waals surface area contributed by atoms with Gasteiger partial charge in [-0.25, -0.2) is 4.98 Å². The van der Waals surface area contributed by atoms with E-state index in [9.17, 15) is 4.79 Å². The highest BCUT2D eigenvalue weighted by molar-refractivity contribution is 7.13. The third-order valence-corrected chi connectivity index (χ3v) is 4.08. The average molecular weight is 314 g/mol. The fraction of sp³-hybridized carbons (Fsp3) is 0.733. The summed E-state index contributed by atoms with van der Waals surface area (Å²) in [6.45, 7) is 11.3. The van der Waals surface area contributed by atoms with Crippen molar-refractivity contribution in [3.63, 3.8) is 0 Å². The Kier molecular flexibility index (Phi) is 6.61. The predicted octanol–water partition coefficient (Wildman–Crippen LogP) is 2.85. The molecule has 1 aromatic heterocycles. The molecule has 5 nitrogen and oxygen atoms in total. The van der Waals surface area contributed by atoms with Crippen LogP contribution in [0.4, 0.5) is 5.13 Å². The fourth-order valence-electron chi connectivity index (χ4n) is 1.66. The first kappa shape index (κ1) is 17.9. The molecule has 0 radical (unpaired) electrons. The van der Waals surface area contributed by atoms with Crippen molar-refractivity contribution in [1.82, 2.24) is 4.98 Å². The number of likely N-dealkylation sites (N-methyl/N-ethyl adjacent to an activating group) is 1. The molecule has 0 fully saturated rings. The Balaban J connectivity index is 2.69. The van der Waals surface area contributed by atoms with Gasteiger partial charge in [0.15, 0.2) is 5.13 Å². The molecular formula is C15H26N2O3S. The lowest BCUT2D eigenvalue weighted by atomic mass is 9.90. The van der Waals surface area contributed by atoms with E-state index in [0.717, 1.165) is 17.4 Å². The zero-order valence-electron chi connectivity index (χ0n) is 13.8. The monoisotopic (exact) mass is 314 g/mol. The van der Waals surface area contributed by atoms with Gasteiger partial charge in [-0.1, -0.05) is 0 Å². The largest absolute Gasteiger partial charge is 0.465 e. The highest BCUT2D eigenvalue weighted by atomic mass is 32.1. The van der Waals surface area contributed by atoms with Gasteiger partial charge in [0.1, 0.15) is 5.41 Å². The second kappa shape index (κ2) is 7.75. The third-order valence-electron chi connectivity index (χ3n) is 3.12. The molecule has 21 heavy (non-hydrogen) atoms. The molecule has 0 N–H and O–H groups in total.